The average Bonchev–Trinajstić information content (AvgIpc) is 3.40. The maximum atomic E-state index is 14.5. The Morgan fingerprint density at radius 1 is 1.04 bits per heavy atom. The second-order valence-electron chi connectivity index (χ2n) is 16.2. The number of fused-ring (bicyclic) bond motifs is 3. The molecule has 3 N–H and O–H groups in total. The lowest BCUT2D eigenvalue weighted by Crippen LogP contribution is -2.58. The molecule has 2 aromatic rings. The normalized spacial score (nSPS) is 26.0. The number of nitrogens with zero attached hydrogens (tertiary/aromatic N) is 2. The first-order valence-corrected chi connectivity index (χ1v) is 20.7. The van der Waals surface area contributed by atoms with Gasteiger partial charge in [-0.3, -0.25) is 24.0 Å². The Balaban J connectivity index is 1.25. The number of carbonyl (C=O) groups is 5. The Morgan fingerprint density at radius 3 is 2.50 bits per heavy atom. The Morgan fingerprint density at radius 2 is 1.79 bits per heavy atom. The molecule has 0 spiro atoms. The van der Waals surface area contributed by atoms with Gasteiger partial charge in [0.2, 0.25) is 21.8 Å². The van der Waals surface area contributed by atoms with Crippen LogP contribution in [0.25, 0.3) is 0 Å². The van der Waals surface area contributed by atoms with Crippen molar-refractivity contribution in [3.63, 3.8) is 0 Å². The number of amides is 5. The lowest BCUT2D eigenvalue weighted by atomic mass is 10.0. The van der Waals surface area contributed by atoms with E-state index < -0.39 is 86.7 Å². The van der Waals surface area contributed by atoms with Crippen molar-refractivity contribution in [3.05, 3.63) is 82.7 Å². The van der Waals surface area contributed by atoms with E-state index in [1.54, 1.807) is 63.2 Å². The van der Waals surface area contributed by atoms with Crippen LogP contribution in [-0.2, 0) is 52.7 Å². The number of hydrogen-bond acceptors (Lipinski definition) is 9. The molecule has 0 unspecified atom stereocenters. The molecular weight excluding hydrogens is 746 g/mol. The molecule has 2 aromatic carbocycles. The number of aryl methyl sites for hydroxylation is 1. The number of ether oxygens (including phenoxy) is 2. The SMILES string of the molecule is Cc1ccc(CS(=O)(=O)NC(=O)[C@@]23C[C@H]2/C=C\CCCCC[C@H](NC(=O)OC(C)(C)C)C(=O)N2C[C@H](OC(=O)N4Cc5cccc(F)c5C4)C[C@H]2C(=O)N3)cc1. The summed E-state index contributed by atoms with van der Waals surface area (Å²) in [5.41, 5.74) is -0.0336. The van der Waals surface area contributed by atoms with Gasteiger partial charge in [0.15, 0.2) is 0 Å². The molecule has 0 aromatic heterocycles. The molecule has 56 heavy (non-hydrogen) atoms. The number of alkyl carbamates (subject to hydrolysis) is 1. The first kappa shape index (κ1) is 40.7. The van der Waals surface area contributed by atoms with Crippen LogP contribution in [0, 0.1) is 18.7 Å². The molecule has 1 saturated carbocycles. The minimum absolute atomic E-state index is 0.0125. The van der Waals surface area contributed by atoms with Crippen molar-refractivity contribution in [1.29, 1.82) is 0 Å². The van der Waals surface area contributed by atoms with E-state index in [0.29, 0.717) is 36.0 Å². The summed E-state index contributed by atoms with van der Waals surface area (Å²) in [5.74, 6) is -3.68. The largest absolute Gasteiger partial charge is 0.444 e. The summed E-state index contributed by atoms with van der Waals surface area (Å²) in [6.07, 6.45) is 4.00. The molecule has 5 amide bonds. The minimum Gasteiger partial charge on any atom is -0.444 e. The first-order valence-electron chi connectivity index (χ1n) is 19.0. The molecule has 302 valence electrons. The highest BCUT2D eigenvalue weighted by Gasteiger charge is 2.61. The highest BCUT2D eigenvalue weighted by molar-refractivity contribution is 7.89. The third kappa shape index (κ3) is 9.68. The highest BCUT2D eigenvalue weighted by atomic mass is 32.2. The second kappa shape index (κ2) is 16.2. The zero-order valence-corrected chi connectivity index (χ0v) is 33.0. The van der Waals surface area contributed by atoms with E-state index in [1.165, 1.54) is 15.9 Å². The van der Waals surface area contributed by atoms with Gasteiger partial charge in [-0.05, 0) is 70.6 Å². The minimum atomic E-state index is -4.18. The fourth-order valence-electron chi connectivity index (χ4n) is 7.51. The number of rotatable bonds is 6. The topological polar surface area (TPSA) is 181 Å². The lowest BCUT2D eigenvalue weighted by molar-refractivity contribution is -0.141. The summed E-state index contributed by atoms with van der Waals surface area (Å²) in [5, 5.41) is 5.46. The Labute approximate surface area is 326 Å². The summed E-state index contributed by atoms with van der Waals surface area (Å²) in [6.45, 7) is 6.84. The van der Waals surface area contributed by atoms with Gasteiger partial charge >= 0.3 is 12.2 Å². The van der Waals surface area contributed by atoms with Crippen molar-refractivity contribution in [1.82, 2.24) is 25.2 Å². The summed E-state index contributed by atoms with van der Waals surface area (Å²) in [4.78, 5) is 71.5. The van der Waals surface area contributed by atoms with Gasteiger partial charge in [0.25, 0.3) is 5.91 Å². The quantitative estimate of drug-likeness (QED) is 0.355. The Bertz CT molecular complexity index is 2000. The maximum absolute atomic E-state index is 14.5. The predicted octanol–water partition coefficient (Wildman–Crippen LogP) is 4.49. The molecule has 16 heteroatoms. The predicted molar refractivity (Wildman–Crippen MR) is 202 cm³/mol. The number of carbonyl (C=O) groups excluding carboxylic acids is 5. The van der Waals surface area contributed by atoms with Gasteiger partial charge in [-0.15, -0.1) is 0 Å². The van der Waals surface area contributed by atoms with Crippen molar-refractivity contribution >= 4 is 39.9 Å². The van der Waals surface area contributed by atoms with Gasteiger partial charge in [-0.1, -0.05) is 67.0 Å². The van der Waals surface area contributed by atoms with Crippen LogP contribution in [0.2, 0.25) is 0 Å². The van der Waals surface area contributed by atoms with Crippen LogP contribution in [0.3, 0.4) is 0 Å². The zero-order chi connectivity index (χ0) is 40.4. The van der Waals surface area contributed by atoms with Crippen molar-refractivity contribution < 1.29 is 46.3 Å². The monoisotopic (exact) mass is 795 g/mol. The molecule has 14 nitrogen and oxygen atoms in total. The third-order valence-corrected chi connectivity index (χ3v) is 11.7. The fourth-order valence-corrected chi connectivity index (χ4v) is 8.68. The molecular formula is C40H50FN5O9S. The zero-order valence-electron chi connectivity index (χ0n) is 32.1. The second-order valence-corrected chi connectivity index (χ2v) is 17.9. The van der Waals surface area contributed by atoms with Gasteiger partial charge < -0.3 is 25.0 Å². The van der Waals surface area contributed by atoms with Crippen LogP contribution < -0.4 is 15.4 Å². The number of halogens is 1. The molecule has 2 fully saturated rings. The number of nitrogens with one attached hydrogen (secondary N) is 3. The maximum Gasteiger partial charge on any atom is 0.410 e. The highest BCUT2D eigenvalue weighted by Crippen LogP contribution is 2.46. The van der Waals surface area contributed by atoms with Crippen LogP contribution in [0.5, 0.6) is 0 Å². The van der Waals surface area contributed by atoms with Crippen molar-refractivity contribution in [2.75, 3.05) is 6.54 Å². The third-order valence-electron chi connectivity index (χ3n) is 10.5. The van der Waals surface area contributed by atoms with E-state index in [0.717, 1.165) is 12.0 Å². The smallest absolute Gasteiger partial charge is 0.410 e. The number of hydrogen-bond donors (Lipinski definition) is 3. The summed E-state index contributed by atoms with van der Waals surface area (Å²) < 4.78 is 54.4. The molecule has 0 radical (unpaired) electrons. The van der Waals surface area contributed by atoms with Gasteiger partial charge in [0, 0.05) is 24.4 Å². The van der Waals surface area contributed by atoms with Gasteiger partial charge in [0.05, 0.1) is 18.8 Å². The fraction of sp³-hybridized carbons (Fsp3) is 0.525. The van der Waals surface area contributed by atoms with Crippen LogP contribution in [0.4, 0.5) is 14.0 Å². The molecule has 4 aliphatic rings. The van der Waals surface area contributed by atoms with Crippen LogP contribution in [0.15, 0.2) is 54.6 Å². The van der Waals surface area contributed by atoms with Gasteiger partial charge in [-0.2, -0.15) is 0 Å². The number of allylic oxidation sites excluding steroid dienone is 1. The molecule has 5 atom stereocenters. The molecule has 1 saturated heterocycles. The van der Waals surface area contributed by atoms with E-state index in [4.69, 9.17) is 9.47 Å². The van der Waals surface area contributed by atoms with Crippen LogP contribution in [0.1, 0.15) is 88.0 Å². The van der Waals surface area contributed by atoms with Crippen molar-refractivity contribution in [2.45, 2.75) is 121 Å². The molecule has 3 aliphatic heterocycles. The molecule has 0 bridgehead atoms. The van der Waals surface area contributed by atoms with Crippen molar-refractivity contribution in [2.24, 2.45) is 5.92 Å². The molecule has 1 aliphatic carbocycles. The van der Waals surface area contributed by atoms with Crippen LogP contribution in [-0.4, -0.2) is 84.0 Å². The van der Waals surface area contributed by atoms with E-state index in [-0.39, 0.29) is 38.9 Å². The van der Waals surface area contributed by atoms with E-state index in [9.17, 15) is 36.8 Å². The summed E-state index contributed by atoms with van der Waals surface area (Å²) in [6, 6.07) is 9.09. The van der Waals surface area contributed by atoms with E-state index in [2.05, 4.69) is 15.4 Å². The lowest BCUT2D eigenvalue weighted by Gasteiger charge is -2.30. The van der Waals surface area contributed by atoms with E-state index >= 15 is 0 Å². The molecule has 6 rings (SSSR count). The Kier molecular flexibility index (Phi) is 11.8. The standard InChI is InChI=1S/C40H50FN5O9S/c1-25-15-17-26(18-16-25)24-56(52,53)44-36(49)40-20-28(40)12-8-6-5-7-9-14-32(42-37(50)55-39(2,3)4)35(48)46-22-29(19-33(46)34(47)43-40)54-38(51)45-21-27-11-10-13-31(41)30(27)23-45/h8,10-13,15-18,28-29,32-33H,5-7,9,14,19-24H2,1-4H3,(H,42,50)(H,43,47)(H,44,49)/b12-8-/t28-,29-,32+,33+,40-/m1/s1. The summed E-state index contributed by atoms with van der Waals surface area (Å²) >= 11 is 0. The Hall–Kier alpha value is -4.99. The first-order chi connectivity index (χ1) is 26.4. The van der Waals surface area contributed by atoms with Gasteiger partial charge in [0.1, 0.15) is 35.1 Å². The number of benzene rings is 2. The van der Waals surface area contributed by atoms with Crippen molar-refractivity contribution in [3.8, 4) is 0 Å². The summed E-state index contributed by atoms with van der Waals surface area (Å²) in [7, 11) is -4.18. The average molecular weight is 796 g/mol. The van der Waals surface area contributed by atoms with E-state index in [1.807, 2.05) is 13.0 Å². The molecule has 3 heterocycles. The van der Waals surface area contributed by atoms with Gasteiger partial charge in [-0.25, -0.2) is 22.4 Å². The number of sulfonamides is 1. The van der Waals surface area contributed by atoms with Crippen LogP contribution >= 0.6 is 0 Å².